The highest BCUT2D eigenvalue weighted by molar-refractivity contribution is 6.00. The van der Waals surface area contributed by atoms with Gasteiger partial charge in [-0.15, -0.1) is 0 Å². The zero-order valence-electron chi connectivity index (χ0n) is 16.0. The predicted molar refractivity (Wildman–Crippen MR) is 105 cm³/mol. The first-order valence-electron chi connectivity index (χ1n) is 8.94. The number of likely N-dealkylation sites (tertiary alicyclic amines) is 1. The largest absolute Gasteiger partial charge is 0.493 e. The Bertz CT molecular complexity index is 804. The maximum atomic E-state index is 12.4. The van der Waals surface area contributed by atoms with E-state index in [4.69, 9.17) is 14.2 Å². The molecular formula is C22H25NO4. The summed E-state index contributed by atoms with van der Waals surface area (Å²) in [5.41, 5.74) is 2.90. The second-order valence-corrected chi connectivity index (χ2v) is 6.50. The van der Waals surface area contributed by atoms with Gasteiger partial charge in [0.1, 0.15) is 0 Å². The molecule has 0 aromatic heterocycles. The summed E-state index contributed by atoms with van der Waals surface area (Å²) < 4.78 is 16.2. The van der Waals surface area contributed by atoms with Gasteiger partial charge in [-0.25, -0.2) is 0 Å². The number of Topliss-reactive ketones (excluding diaryl/α,β-unsaturated/α-hetero) is 1. The normalized spacial score (nSPS) is 16.4. The zero-order chi connectivity index (χ0) is 19.2. The van der Waals surface area contributed by atoms with Gasteiger partial charge in [-0.3, -0.25) is 9.69 Å². The molecule has 0 unspecified atom stereocenters. The summed E-state index contributed by atoms with van der Waals surface area (Å²) >= 11 is 0. The molecule has 142 valence electrons. The quantitative estimate of drug-likeness (QED) is 0.731. The van der Waals surface area contributed by atoms with Gasteiger partial charge in [0.2, 0.25) is 5.75 Å². The number of methoxy groups -OCH3 is 3. The smallest absolute Gasteiger partial charge is 0.203 e. The highest BCUT2D eigenvalue weighted by Crippen LogP contribution is 2.38. The molecule has 1 heterocycles. The summed E-state index contributed by atoms with van der Waals surface area (Å²) in [6.45, 7) is 2.24. The number of benzene rings is 2. The number of nitrogens with zero attached hydrogens (tertiary/aromatic N) is 1. The van der Waals surface area contributed by atoms with Crippen LogP contribution in [0.1, 0.15) is 17.5 Å². The van der Waals surface area contributed by atoms with Crippen molar-refractivity contribution in [2.45, 2.75) is 13.0 Å². The molecule has 0 spiro atoms. The van der Waals surface area contributed by atoms with Crippen LogP contribution in [-0.4, -0.2) is 45.1 Å². The first-order valence-corrected chi connectivity index (χ1v) is 8.94. The molecule has 0 N–H and O–H groups in total. The molecule has 0 saturated carbocycles. The Kier molecular flexibility index (Phi) is 6.14. The summed E-state index contributed by atoms with van der Waals surface area (Å²) in [6.07, 6.45) is 2.45. The molecule has 2 aromatic rings. The van der Waals surface area contributed by atoms with Crippen molar-refractivity contribution < 1.29 is 19.0 Å². The second kappa shape index (κ2) is 8.73. The molecule has 1 saturated heterocycles. The maximum absolute atomic E-state index is 12.4. The van der Waals surface area contributed by atoms with Gasteiger partial charge in [0.05, 0.1) is 21.3 Å². The van der Waals surface area contributed by atoms with Gasteiger partial charge >= 0.3 is 0 Å². The van der Waals surface area contributed by atoms with Gasteiger partial charge in [-0.2, -0.15) is 0 Å². The molecule has 1 aliphatic rings. The Hall–Kier alpha value is -2.79. The van der Waals surface area contributed by atoms with Gasteiger partial charge in [0.15, 0.2) is 17.3 Å². The molecule has 0 bridgehead atoms. The number of ketones is 1. The van der Waals surface area contributed by atoms with E-state index in [2.05, 4.69) is 17.0 Å². The fourth-order valence-electron chi connectivity index (χ4n) is 3.32. The summed E-state index contributed by atoms with van der Waals surface area (Å²) in [4.78, 5) is 14.7. The van der Waals surface area contributed by atoms with Crippen molar-refractivity contribution in [1.82, 2.24) is 4.90 Å². The molecule has 1 fully saturated rings. The minimum atomic E-state index is 0.188. The third kappa shape index (κ3) is 4.49. The van der Waals surface area contributed by atoms with Crippen LogP contribution in [0.3, 0.4) is 0 Å². The van der Waals surface area contributed by atoms with Gasteiger partial charge in [0.25, 0.3) is 0 Å². The Labute approximate surface area is 160 Å². The van der Waals surface area contributed by atoms with Crippen molar-refractivity contribution >= 4 is 11.9 Å². The van der Waals surface area contributed by atoms with Crippen molar-refractivity contribution in [3.05, 3.63) is 59.2 Å². The highest BCUT2D eigenvalue weighted by atomic mass is 16.5. The zero-order valence-corrected chi connectivity index (χ0v) is 16.0. The van der Waals surface area contributed by atoms with Crippen LogP contribution in [0.5, 0.6) is 17.2 Å². The van der Waals surface area contributed by atoms with E-state index in [0.717, 1.165) is 24.2 Å². The van der Waals surface area contributed by atoms with E-state index in [1.807, 2.05) is 36.4 Å². The van der Waals surface area contributed by atoms with E-state index in [0.29, 0.717) is 30.2 Å². The summed E-state index contributed by atoms with van der Waals surface area (Å²) in [5.74, 6) is 1.89. The predicted octanol–water partition coefficient (Wildman–Crippen LogP) is 3.57. The van der Waals surface area contributed by atoms with E-state index in [9.17, 15) is 4.79 Å². The van der Waals surface area contributed by atoms with Crippen molar-refractivity contribution in [1.29, 1.82) is 0 Å². The lowest BCUT2D eigenvalue weighted by Crippen LogP contribution is -2.35. The third-order valence-corrected chi connectivity index (χ3v) is 4.68. The van der Waals surface area contributed by atoms with Crippen LogP contribution in [0.4, 0.5) is 0 Å². The molecule has 3 rings (SSSR count). The summed E-state index contributed by atoms with van der Waals surface area (Å²) in [5, 5.41) is 0. The van der Waals surface area contributed by atoms with E-state index < -0.39 is 0 Å². The fourth-order valence-corrected chi connectivity index (χ4v) is 3.32. The van der Waals surface area contributed by atoms with Crippen molar-refractivity contribution in [2.75, 3.05) is 34.4 Å². The standard InChI is InChI=1S/C22H25NO4/c1-25-20-12-17(13-21(26-2)22(20)27-3)11-18-15-23(10-9-19(18)24)14-16-7-5-4-6-8-16/h4-8,11-13H,9-10,14-15H2,1-3H3/b18-11+. The average molecular weight is 367 g/mol. The number of piperidine rings is 1. The average Bonchev–Trinajstić information content (AvgIpc) is 2.70. The lowest BCUT2D eigenvalue weighted by molar-refractivity contribution is -0.117. The van der Waals surface area contributed by atoms with Crippen LogP contribution < -0.4 is 14.2 Å². The van der Waals surface area contributed by atoms with Gasteiger partial charge in [-0.1, -0.05) is 30.3 Å². The minimum Gasteiger partial charge on any atom is -0.493 e. The molecule has 5 nitrogen and oxygen atoms in total. The van der Waals surface area contributed by atoms with Crippen molar-refractivity contribution in [3.8, 4) is 17.2 Å². The highest BCUT2D eigenvalue weighted by Gasteiger charge is 2.22. The Morgan fingerprint density at radius 1 is 1.00 bits per heavy atom. The minimum absolute atomic E-state index is 0.188. The van der Waals surface area contributed by atoms with Crippen LogP contribution in [0.25, 0.3) is 6.08 Å². The molecule has 0 aliphatic carbocycles. The lowest BCUT2D eigenvalue weighted by Gasteiger charge is -2.28. The van der Waals surface area contributed by atoms with Crippen LogP contribution >= 0.6 is 0 Å². The number of carbonyl (C=O) groups is 1. The van der Waals surface area contributed by atoms with Gasteiger partial charge in [-0.05, 0) is 29.3 Å². The van der Waals surface area contributed by atoms with Crippen LogP contribution in [0, 0.1) is 0 Å². The molecule has 0 amide bonds. The maximum Gasteiger partial charge on any atom is 0.203 e. The van der Waals surface area contributed by atoms with Crippen molar-refractivity contribution in [3.63, 3.8) is 0 Å². The Morgan fingerprint density at radius 2 is 1.67 bits per heavy atom. The van der Waals surface area contributed by atoms with Crippen LogP contribution in [-0.2, 0) is 11.3 Å². The Balaban J connectivity index is 1.85. The number of rotatable bonds is 6. The monoisotopic (exact) mass is 367 g/mol. The van der Waals surface area contributed by atoms with Gasteiger partial charge < -0.3 is 14.2 Å². The van der Waals surface area contributed by atoms with Crippen molar-refractivity contribution in [2.24, 2.45) is 0 Å². The number of hydrogen-bond acceptors (Lipinski definition) is 5. The molecular weight excluding hydrogens is 342 g/mol. The molecule has 5 heteroatoms. The van der Waals surface area contributed by atoms with E-state index in [-0.39, 0.29) is 5.78 Å². The molecule has 0 atom stereocenters. The SMILES string of the molecule is COc1cc(/C=C2\CN(Cc3ccccc3)CCC2=O)cc(OC)c1OC. The second-order valence-electron chi connectivity index (χ2n) is 6.50. The topological polar surface area (TPSA) is 48.0 Å². The first-order chi connectivity index (χ1) is 13.1. The van der Waals surface area contributed by atoms with Crippen LogP contribution in [0.15, 0.2) is 48.0 Å². The summed E-state index contributed by atoms with van der Waals surface area (Å²) in [7, 11) is 4.74. The molecule has 1 aliphatic heterocycles. The van der Waals surface area contributed by atoms with Gasteiger partial charge in [0, 0.05) is 31.6 Å². The number of carbonyl (C=O) groups excluding carboxylic acids is 1. The lowest BCUT2D eigenvalue weighted by atomic mass is 9.99. The van der Waals surface area contributed by atoms with Crippen LogP contribution in [0.2, 0.25) is 0 Å². The van der Waals surface area contributed by atoms with E-state index in [1.165, 1.54) is 5.56 Å². The fraction of sp³-hybridized carbons (Fsp3) is 0.318. The van der Waals surface area contributed by atoms with E-state index >= 15 is 0 Å². The number of hydrogen-bond donors (Lipinski definition) is 0. The number of ether oxygens (including phenoxy) is 3. The van der Waals surface area contributed by atoms with E-state index in [1.54, 1.807) is 21.3 Å². The third-order valence-electron chi connectivity index (χ3n) is 4.68. The summed E-state index contributed by atoms with van der Waals surface area (Å²) in [6, 6.07) is 14.0. The Morgan fingerprint density at radius 3 is 2.26 bits per heavy atom. The molecule has 0 radical (unpaired) electrons. The molecule has 2 aromatic carbocycles. The molecule has 27 heavy (non-hydrogen) atoms. The first kappa shape index (κ1) is 19.0.